The van der Waals surface area contributed by atoms with Gasteiger partial charge in [0.1, 0.15) is 0 Å². The number of carbonyl (C=O) groups is 1. The first-order chi connectivity index (χ1) is 9.29. The molecule has 1 aromatic rings. The Bertz CT molecular complexity index is 442. The molecule has 2 aliphatic heterocycles. The number of carbonyl (C=O) groups excluding carboxylic acids is 1. The van der Waals surface area contributed by atoms with Gasteiger partial charge in [0.15, 0.2) is 5.82 Å². The number of ether oxygens (including phenoxy) is 1. The van der Waals surface area contributed by atoms with Crippen LogP contribution in [0.4, 0.5) is 0 Å². The van der Waals surface area contributed by atoms with Crippen LogP contribution in [-0.4, -0.2) is 53.3 Å². The van der Waals surface area contributed by atoms with E-state index in [0.29, 0.717) is 37.8 Å². The Morgan fingerprint density at radius 1 is 1.47 bits per heavy atom. The van der Waals surface area contributed by atoms with Gasteiger partial charge in [-0.05, 0) is 12.8 Å². The number of rotatable bonds is 4. The molecule has 3 heterocycles. The summed E-state index contributed by atoms with van der Waals surface area (Å²) in [5.74, 6) is 1.32. The first-order valence-corrected chi connectivity index (χ1v) is 6.72. The SMILES string of the molecule is O=C1CN(Cc2nc(CC3CCCO3)no2)CCN1. The maximum atomic E-state index is 11.3. The molecule has 1 unspecified atom stereocenters. The van der Waals surface area contributed by atoms with Gasteiger partial charge in [0, 0.05) is 26.1 Å². The quantitative estimate of drug-likeness (QED) is 0.807. The smallest absolute Gasteiger partial charge is 0.240 e. The van der Waals surface area contributed by atoms with Crippen molar-refractivity contribution in [2.75, 3.05) is 26.2 Å². The molecule has 1 aromatic heterocycles. The zero-order chi connectivity index (χ0) is 13.1. The van der Waals surface area contributed by atoms with Crippen LogP contribution < -0.4 is 5.32 Å². The van der Waals surface area contributed by atoms with Gasteiger partial charge in [-0.15, -0.1) is 0 Å². The second kappa shape index (κ2) is 5.66. The highest BCUT2D eigenvalue weighted by Gasteiger charge is 2.21. The molecular weight excluding hydrogens is 248 g/mol. The van der Waals surface area contributed by atoms with Gasteiger partial charge in [0.05, 0.1) is 19.2 Å². The van der Waals surface area contributed by atoms with Gasteiger partial charge in [-0.25, -0.2) is 0 Å². The normalized spacial score (nSPS) is 24.6. The standard InChI is InChI=1S/C12H18N4O3/c17-11-7-16(4-3-13-11)8-12-14-10(15-19-12)6-9-2-1-5-18-9/h9H,1-8H2,(H,13,17). The summed E-state index contributed by atoms with van der Waals surface area (Å²) in [6, 6.07) is 0. The Morgan fingerprint density at radius 2 is 2.42 bits per heavy atom. The van der Waals surface area contributed by atoms with Crippen LogP contribution in [0.5, 0.6) is 0 Å². The highest BCUT2D eigenvalue weighted by atomic mass is 16.5. The first kappa shape index (κ1) is 12.6. The Labute approximate surface area is 111 Å². The second-order valence-corrected chi connectivity index (χ2v) is 5.00. The molecule has 1 N–H and O–H groups in total. The van der Waals surface area contributed by atoms with Crippen molar-refractivity contribution in [2.45, 2.75) is 31.9 Å². The van der Waals surface area contributed by atoms with Crippen molar-refractivity contribution in [3.05, 3.63) is 11.7 Å². The van der Waals surface area contributed by atoms with Crippen molar-refractivity contribution in [1.82, 2.24) is 20.4 Å². The molecule has 0 saturated carbocycles. The topological polar surface area (TPSA) is 80.5 Å². The highest BCUT2D eigenvalue weighted by Crippen LogP contribution is 2.16. The van der Waals surface area contributed by atoms with Gasteiger partial charge in [-0.1, -0.05) is 5.16 Å². The molecule has 0 radical (unpaired) electrons. The molecule has 0 bridgehead atoms. The average molecular weight is 266 g/mol. The van der Waals surface area contributed by atoms with E-state index < -0.39 is 0 Å². The molecule has 1 atom stereocenters. The fourth-order valence-electron chi connectivity index (χ4n) is 2.46. The summed E-state index contributed by atoms with van der Waals surface area (Å²) in [5.41, 5.74) is 0. The van der Waals surface area contributed by atoms with Crippen molar-refractivity contribution in [2.24, 2.45) is 0 Å². The first-order valence-electron chi connectivity index (χ1n) is 6.72. The summed E-state index contributed by atoms with van der Waals surface area (Å²) in [6.07, 6.45) is 3.12. The van der Waals surface area contributed by atoms with Crippen LogP contribution in [0.2, 0.25) is 0 Å². The Morgan fingerprint density at radius 3 is 3.21 bits per heavy atom. The molecule has 0 aliphatic carbocycles. The lowest BCUT2D eigenvalue weighted by Crippen LogP contribution is -2.47. The number of nitrogens with one attached hydrogen (secondary N) is 1. The summed E-state index contributed by atoms with van der Waals surface area (Å²) in [4.78, 5) is 17.6. The van der Waals surface area contributed by atoms with Gasteiger partial charge in [-0.3, -0.25) is 9.69 Å². The molecule has 3 rings (SSSR count). The lowest BCUT2D eigenvalue weighted by molar-refractivity contribution is -0.124. The van der Waals surface area contributed by atoms with E-state index in [1.54, 1.807) is 0 Å². The van der Waals surface area contributed by atoms with E-state index in [2.05, 4.69) is 15.5 Å². The zero-order valence-corrected chi connectivity index (χ0v) is 10.8. The molecule has 104 valence electrons. The Balaban J connectivity index is 1.53. The van der Waals surface area contributed by atoms with Crippen molar-refractivity contribution in [3.63, 3.8) is 0 Å². The third-order valence-electron chi connectivity index (χ3n) is 3.42. The molecule has 19 heavy (non-hydrogen) atoms. The van der Waals surface area contributed by atoms with Gasteiger partial charge in [0.25, 0.3) is 0 Å². The van der Waals surface area contributed by atoms with E-state index in [-0.39, 0.29) is 12.0 Å². The van der Waals surface area contributed by atoms with Gasteiger partial charge < -0.3 is 14.6 Å². The third-order valence-corrected chi connectivity index (χ3v) is 3.42. The van der Waals surface area contributed by atoms with Crippen molar-refractivity contribution < 1.29 is 14.1 Å². The van der Waals surface area contributed by atoms with Crippen molar-refractivity contribution in [3.8, 4) is 0 Å². The van der Waals surface area contributed by atoms with Crippen molar-refractivity contribution >= 4 is 5.91 Å². The predicted molar refractivity (Wildman–Crippen MR) is 65.3 cm³/mol. The van der Waals surface area contributed by atoms with Crippen LogP contribution in [0.1, 0.15) is 24.6 Å². The molecule has 2 aliphatic rings. The molecule has 2 saturated heterocycles. The molecule has 7 nitrogen and oxygen atoms in total. The minimum atomic E-state index is 0.0466. The van der Waals surface area contributed by atoms with Crippen molar-refractivity contribution in [1.29, 1.82) is 0 Å². The maximum Gasteiger partial charge on any atom is 0.240 e. The molecule has 2 fully saturated rings. The Kier molecular flexibility index (Phi) is 3.74. The van der Waals surface area contributed by atoms with Crippen LogP contribution in [0.15, 0.2) is 4.52 Å². The zero-order valence-electron chi connectivity index (χ0n) is 10.8. The number of aromatic nitrogens is 2. The number of hydrogen-bond donors (Lipinski definition) is 1. The van der Waals surface area contributed by atoms with E-state index in [0.717, 1.165) is 26.0 Å². The number of amides is 1. The van der Waals surface area contributed by atoms with Crippen LogP contribution in [0, 0.1) is 0 Å². The number of hydrogen-bond acceptors (Lipinski definition) is 6. The predicted octanol–water partition coefficient (Wildman–Crippen LogP) is -0.277. The molecular formula is C12H18N4O3. The van der Waals surface area contributed by atoms with Crippen LogP contribution in [-0.2, 0) is 22.5 Å². The third kappa shape index (κ3) is 3.30. The fraction of sp³-hybridized carbons (Fsp3) is 0.750. The van der Waals surface area contributed by atoms with Gasteiger partial charge >= 0.3 is 0 Å². The number of nitrogens with zero attached hydrogens (tertiary/aromatic N) is 3. The van der Waals surface area contributed by atoms with Crippen LogP contribution in [0.3, 0.4) is 0 Å². The largest absolute Gasteiger partial charge is 0.378 e. The molecule has 7 heteroatoms. The summed E-state index contributed by atoms with van der Waals surface area (Å²) in [5, 5.41) is 6.76. The summed E-state index contributed by atoms with van der Waals surface area (Å²) < 4.78 is 10.8. The van der Waals surface area contributed by atoms with Crippen LogP contribution >= 0.6 is 0 Å². The molecule has 0 spiro atoms. The van der Waals surface area contributed by atoms with Gasteiger partial charge in [-0.2, -0.15) is 4.98 Å². The lowest BCUT2D eigenvalue weighted by atomic mass is 10.2. The van der Waals surface area contributed by atoms with E-state index in [1.165, 1.54) is 0 Å². The highest BCUT2D eigenvalue weighted by molar-refractivity contribution is 5.78. The van der Waals surface area contributed by atoms with E-state index in [1.807, 2.05) is 4.90 Å². The average Bonchev–Trinajstić information content (AvgIpc) is 3.02. The van der Waals surface area contributed by atoms with Gasteiger partial charge in [0.2, 0.25) is 11.8 Å². The fourth-order valence-corrected chi connectivity index (χ4v) is 2.46. The minimum absolute atomic E-state index is 0.0466. The maximum absolute atomic E-state index is 11.3. The molecule has 0 aromatic carbocycles. The lowest BCUT2D eigenvalue weighted by Gasteiger charge is -2.24. The molecule has 1 amide bonds. The van der Waals surface area contributed by atoms with E-state index in [4.69, 9.17) is 9.26 Å². The summed E-state index contributed by atoms with van der Waals surface area (Å²) >= 11 is 0. The second-order valence-electron chi connectivity index (χ2n) is 5.00. The minimum Gasteiger partial charge on any atom is -0.378 e. The van der Waals surface area contributed by atoms with E-state index in [9.17, 15) is 4.79 Å². The summed E-state index contributed by atoms with van der Waals surface area (Å²) in [7, 11) is 0. The Hall–Kier alpha value is -1.47. The van der Waals surface area contributed by atoms with E-state index >= 15 is 0 Å². The van der Waals surface area contributed by atoms with Crippen LogP contribution in [0.25, 0.3) is 0 Å². The summed E-state index contributed by atoms with van der Waals surface area (Å²) in [6.45, 7) is 3.25. The monoisotopic (exact) mass is 266 g/mol. The number of piperazine rings is 1.